The Morgan fingerprint density at radius 3 is 2.39 bits per heavy atom. The van der Waals surface area contributed by atoms with Crippen molar-refractivity contribution in [1.82, 2.24) is 27.0 Å². The van der Waals surface area contributed by atoms with E-state index in [1.54, 1.807) is 6.92 Å². The number of methoxy groups -OCH3 is 1. The van der Waals surface area contributed by atoms with Gasteiger partial charge in [0.1, 0.15) is 18.7 Å². The highest BCUT2D eigenvalue weighted by atomic mass is 33.1. The molecule has 0 radical (unpaired) electrons. The lowest BCUT2D eigenvalue weighted by molar-refractivity contribution is -0.153. The van der Waals surface area contributed by atoms with Gasteiger partial charge in [-0.25, -0.2) is 9.59 Å². The van der Waals surface area contributed by atoms with Crippen LogP contribution in [0.5, 0.6) is 0 Å². The summed E-state index contributed by atoms with van der Waals surface area (Å²) in [7, 11) is 3.85. The first-order chi connectivity index (χ1) is 21.2. The summed E-state index contributed by atoms with van der Waals surface area (Å²) >= 11 is 0. The van der Waals surface area contributed by atoms with E-state index in [1.165, 1.54) is 17.9 Å². The molecule has 0 aromatic rings. The first kappa shape index (κ1) is 38.4. The van der Waals surface area contributed by atoms with Crippen LogP contribution in [0.15, 0.2) is 22.5 Å². The Bertz CT molecular complexity index is 1320. The number of carboxylic acid groups (broad SMARTS) is 2. The topological polar surface area (TPSA) is 279 Å². The van der Waals surface area contributed by atoms with Crippen molar-refractivity contribution < 1.29 is 53.2 Å². The molecule has 1 saturated heterocycles. The Morgan fingerprint density at radius 1 is 1.15 bits per heavy atom. The number of carboxylic acids is 2. The largest absolute Gasteiger partial charge is 0.481 e. The molecule has 17 nitrogen and oxygen atoms in total. The highest BCUT2D eigenvalue weighted by Gasteiger charge is 2.65. The maximum absolute atomic E-state index is 13.9. The highest BCUT2D eigenvalue weighted by Crippen LogP contribution is 2.56. The van der Waals surface area contributed by atoms with Gasteiger partial charge in [0.15, 0.2) is 5.72 Å². The predicted molar refractivity (Wildman–Crippen MR) is 166 cm³/mol. The van der Waals surface area contributed by atoms with E-state index < -0.39 is 59.9 Å². The molecule has 0 bridgehead atoms. The fraction of sp³-hybridized carbons (Fsp3) is 0.593. The minimum Gasteiger partial charge on any atom is -0.481 e. The fourth-order valence-electron chi connectivity index (χ4n) is 5.98. The number of allylic oxidation sites excluding steroid dienone is 2. The van der Waals surface area contributed by atoms with Gasteiger partial charge in [-0.2, -0.15) is 0 Å². The monoisotopic (exact) mass is 688 g/mol. The van der Waals surface area contributed by atoms with E-state index in [2.05, 4.69) is 10.6 Å². The van der Waals surface area contributed by atoms with Crippen LogP contribution < -0.4 is 27.8 Å². The van der Waals surface area contributed by atoms with Crippen molar-refractivity contribution >= 4 is 63.5 Å². The first-order valence-electron chi connectivity index (χ1n) is 13.9. The van der Waals surface area contributed by atoms with Crippen LogP contribution in [0.1, 0.15) is 27.2 Å². The molecule has 3 rings (SSSR count). The van der Waals surface area contributed by atoms with Crippen LogP contribution in [0.2, 0.25) is 0 Å². The second-order valence-electron chi connectivity index (χ2n) is 10.8. The second kappa shape index (κ2) is 16.1. The molecular weight excluding hydrogens is 648 g/mol. The van der Waals surface area contributed by atoms with Gasteiger partial charge in [0.2, 0.25) is 23.9 Å². The molecule has 0 aromatic carbocycles. The number of hydrogen-bond acceptors (Lipinski definition) is 14. The van der Waals surface area contributed by atoms with Gasteiger partial charge in [0.25, 0.3) is 0 Å². The van der Waals surface area contributed by atoms with Crippen molar-refractivity contribution in [3.05, 3.63) is 22.5 Å². The molecule has 0 aromatic heterocycles. The zero-order chi connectivity index (χ0) is 33.6. The van der Waals surface area contributed by atoms with Crippen molar-refractivity contribution in [3.8, 4) is 0 Å². The van der Waals surface area contributed by atoms with E-state index in [9.17, 15) is 38.7 Å². The van der Waals surface area contributed by atoms with E-state index in [0.29, 0.717) is 12.3 Å². The van der Waals surface area contributed by atoms with Gasteiger partial charge < -0.3 is 52.4 Å². The molecule has 19 heteroatoms. The third-order valence-corrected chi connectivity index (χ3v) is 10.7. The number of nitrogens with one attached hydrogen (secondary N) is 3. The Labute approximate surface area is 272 Å². The average molecular weight is 689 g/mol. The molecule has 6 atom stereocenters. The number of nitrogens with two attached hydrogens (primary N) is 1. The van der Waals surface area contributed by atoms with Crippen LogP contribution in [0.25, 0.3) is 0 Å². The lowest BCUT2D eigenvalue weighted by Gasteiger charge is -2.41. The number of ether oxygens (including phenoxy) is 2. The lowest BCUT2D eigenvalue weighted by Crippen LogP contribution is -2.52. The smallest absolute Gasteiger partial charge is 0.404 e. The van der Waals surface area contributed by atoms with Gasteiger partial charge in [0.05, 0.1) is 23.7 Å². The summed E-state index contributed by atoms with van der Waals surface area (Å²) in [6, 6.07) is -2.80. The molecule has 2 aliphatic heterocycles. The molecule has 3 amide bonds. The van der Waals surface area contributed by atoms with Crippen LogP contribution in [0.3, 0.4) is 0 Å². The minimum atomic E-state index is -1.44. The molecule has 46 heavy (non-hydrogen) atoms. The standard InChI is InChI=1S/C27H37N5O11S2.H3N/c1-12-8-32-21-19(15(9-43-26(28)41)27(32,42-4)14(12)3)23(37)20(13(2)22(21)36)29-5-6-44-45-10-17(25(39)40)31-24(38)16(30-11-33)7-18(34)35;/h11-12,14-17,29H,5-10H2,1-4H3,(H2,28,41)(H,30,33)(H,31,38)(H,34,35)(H,39,40);1H3/t12-,14-,15+,16?,17?,27-;/m0./s1. The van der Waals surface area contributed by atoms with Crippen molar-refractivity contribution in [2.24, 2.45) is 23.5 Å². The number of aliphatic carboxylic acids is 2. The number of nitrogens with zero attached hydrogens (tertiary/aromatic N) is 1. The third-order valence-electron chi connectivity index (χ3n) is 8.28. The van der Waals surface area contributed by atoms with Gasteiger partial charge in [-0.3, -0.25) is 24.0 Å². The number of carbonyl (C=O) groups excluding carboxylic acids is 5. The summed E-state index contributed by atoms with van der Waals surface area (Å²) in [6.07, 6.45) is -1.58. The SMILES string of the molecule is CO[C@@]12[C@H](COC(N)=O)C3=C(C(=O)C(C)=C(NCCSSCC(NC(=O)C(CC(=O)O)NC=O)C(=O)O)C3=O)N1C[C@H](C)[C@@H]2C.N. The third kappa shape index (κ3) is 7.59. The fourth-order valence-corrected chi connectivity index (χ4v) is 8.04. The normalized spacial score (nSPS) is 24.8. The molecule has 1 aliphatic carbocycles. The number of rotatable bonds is 17. The Balaban J connectivity index is 0.00000736. The van der Waals surface area contributed by atoms with Crippen molar-refractivity contribution in [2.45, 2.75) is 45.0 Å². The molecule has 2 heterocycles. The zero-order valence-electron chi connectivity index (χ0n) is 25.8. The predicted octanol–water partition coefficient (Wildman–Crippen LogP) is -0.386. The average Bonchev–Trinajstić information content (AvgIpc) is 3.40. The van der Waals surface area contributed by atoms with Crippen LogP contribution in [-0.2, 0) is 38.2 Å². The molecule has 1 fully saturated rings. The van der Waals surface area contributed by atoms with E-state index >= 15 is 0 Å². The molecule has 0 spiro atoms. The second-order valence-corrected chi connectivity index (χ2v) is 13.4. The van der Waals surface area contributed by atoms with Crippen molar-refractivity contribution in [3.63, 3.8) is 0 Å². The lowest BCUT2D eigenvalue weighted by atomic mass is 9.77. The molecule has 2 unspecified atom stereocenters. The van der Waals surface area contributed by atoms with Crippen LogP contribution >= 0.6 is 21.6 Å². The molecule has 10 N–H and O–H groups in total. The summed E-state index contributed by atoms with van der Waals surface area (Å²) in [5.41, 5.74) is 4.91. The number of hydrogen-bond donors (Lipinski definition) is 7. The van der Waals surface area contributed by atoms with Crippen molar-refractivity contribution in [2.75, 3.05) is 38.3 Å². The first-order valence-corrected chi connectivity index (χ1v) is 16.4. The summed E-state index contributed by atoms with van der Waals surface area (Å²) in [6.45, 7) is 5.96. The zero-order valence-corrected chi connectivity index (χ0v) is 27.5. The number of Topliss-reactive ketones (excluding diaryl/α,β-unsaturated/α-hetero) is 2. The van der Waals surface area contributed by atoms with E-state index in [0.717, 1.165) is 10.8 Å². The van der Waals surface area contributed by atoms with E-state index in [1.807, 2.05) is 24.1 Å². The van der Waals surface area contributed by atoms with E-state index in [-0.39, 0.29) is 71.6 Å². The highest BCUT2D eigenvalue weighted by molar-refractivity contribution is 8.76. The molecular formula is C27H40N6O11S2. The summed E-state index contributed by atoms with van der Waals surface area (Å²) in [5, 5.41) is 25.7. The van der Waals surface area contributed by atoms with Crippen LogP contribution in [0.4, 0.5) is 4.79 Å². The quantitative estimate of drug-likeness (QED) is 0.0443. The summed E-state index contributed by atoms with van der Waals surface area (Å²) < 4.78 is 11.2. The number of ketones is 2. The summed E-state index contributed by atoms with van der Waals surface area (Å²) in [5.74, 6) is -4.92. The van der Waals surface area contributed by atoms with E-state index in [4.69, 9.17) is 20.3 Å². The Morgan fingerprint density at radius 2 is 1.83 bits per heavy atom. The van der Waals surface area contributed by atoms with Crippen LogP contribution in [0, 0.1) is 17.8 Å². The maximum atomic E-state index is 13.9. The van der Waals surface area contributed by atoms with Gasteiger partial charge in [0, 0.05) is 48.8 Å². The minimum absolute atomic E-state index is 0. The molecule has 0 saturated carbocycles. The van der Waals surface area contributed by atoms with Gasteiger partial charge >= 0.3 is 18.0 Å². The van der Waals surface area contributed by atoms with Crippen LogP contribution in [-0.4, -0.2) is 113 Å². The number of primary amides is 1. The Kier molecular flexibility index (Phi) is 13.5. The van der Waals surface area contributed by atoms with Gasteiger partial charge in [-0.1, -0.05) is 35.4 Å². The molecule has 3 aliphatic rings. The van der Waals surface area contributed by atoms with Gasteiger partial charge in [-0.15, -0.1) is 0 Å². The van der Waals surface area contributed by atoms with Gasteiger partial charge in [-0.05, 0) is 12.8 Å². The Hall–Kier alpha value is -3.81. The molecule has 256 valence electrons. The maximum Gasteiger partial charge on any atom is 0.404 e. The van der Waals surface area contributed by atoms with Crippen molar-refractivity contribution in [1.29, 1.82) is 0 Å². The number of amides is 3. The number of fused-ring (bicyclic) bond motifs is 2. The number of carbonyl (C=O) groups is 7. The summed E-state index contributed by atoms with van der Waals surface area (Å²) in [4.78, 5) is 86.5.